The molecule has 3 rings (SSSR count). The van der Waals surface area contributed by atoms with Crippen LogP contribution in [-0.4, -0.2) is 17.3 Å². The Morgan fingerprint density at radius 2 is 2.16 bits per heavy atom. The van der Waals surface area contributed by atoms with E-state index in [2.05, 4.69) is 29.2 Å². The van der Waals surface area contributed by atoms with Gasteiger partial charge in [0, 0.05) is 16.6 Å². The number of thioether (sulfide) groups is 1. The van der Waals surface area contributed by atoms with E-state index in [0.29, 0.717) is 18.4 Å². The van der Waals surface area contributed by atoms with Crippen molar-refractivity contribution in [3.63, 3.8) is 0 Å². The Balaban J connectivity index is 1.64. The van der Waals surface area contributed by atoms with Crippen molar-refractivity contribution in [3.05, 3.63) is 53.9 Å². The maximum atomic E-state index is 5.83. The molecule has 4 heteroatoms. The van der Waals surface area contributed by atoms with E-state index < -0.39 is 0 Å². The first-order valence-corrected chi connectivity index (χ1v) is 7.74. The molecule has 0 fully saturated rings. The van der Waals surface area contributed by atoms with E-state index in [4.69, 9.17) is 16.3 Å². The molecule has 0 amide bonds. The number of hydrogen-bond acceptors (Lipinski definition) is 3. The second-order valence-corrected chi connectivity index (χ2v) is 5.80. The monoisotopic (exact) mass is 291 g/mol. The summed E-state index contributed by atoms with van der Waals surface area (Å²) >= 11 is 7.61. The first-order chi connectivity index (χ1) is 9.36. The minimum Gasteiger partial charge on any atom is -0.491 e. The van der Waals surface area contributed by atoms with Crippen molar-refractivity contribution in [1.29, 1.82) is 0 Å². The average Bonchev–Trinajstić information content (AvgIpc) is 2.89. The summed E-state index contributed by atoms with van der Waals surface area (Å²) in [5.74, 6) is 2.80. The molecule has 0 bridgehead atoms. The Hall–Kier alpha value is -1.19. The highest BCUT2D eigenvalue weighted by Crippen LogP contribution is 2.39. The van der Waals surface area contributed by atoms with Gasteiger partial charge in [-0.1, -0.05) is 18.2 Å². The lowest BCUT2D eigenvalue weighted by molar-refractivity contribution is 0.297. The lowest BCUT2D eigenvalue weighted by Crippen LogP contribution is -2.09. The zero-order valence-electron chi connectivity index (χ0n) is 10.4. The van der Waals surface area contributed by atoms with E-state index in [9.17, 15) is 0 Å². The topological polar surface area (TPSA) is 22.1 Å². The lowest BCUT2D eigenvalue weighted by atomic mass is 10.0. The number of alkyl halides is 1. The molecule has 0 spiro atoms. The Morgan fingerprint density at radius 1 is 1.26 bits per heavy atom. The Morgan fingerprint density at radius 3 is 2.95 bits per heavy atom. The Kier molecular flexibility index (Phi) is 3.95. The van der Waals surface area contributed by atoms with Crippen LogP contribution in [0.15, 0.2) is 47.5 Å². The smallest absolute Gasteiger partial charge is 0.137 e. The van der Waals surface area contributed by atoms with Crippen molar-refractivity contribution in [2.24, 2.45) is 0 Å². The quantitative estimate of drug-likeness (QED) is 0.792. The summed E-state index contributed by atoms with van der Waals surface area (Å²) in [6.07, 6.45) is 1.74. The molecule has 0 radical (unpaired) electrons. The third-order valence-electron chi connectivity index (χ3n) is 3.18. The summed E-state index contributed by atoms with van der Waals surface area (Å²) in [5, 5.41) is 0. The zero-order valence-corrected chi connectivity index (χ0v) is 12.0. The standard InChI is InChI=1S/C15H14ClNOS/c16-7-12-5-6-13(8-17-12)18-9-11-10-19-15-4-2-1-3-14(11)15/h1-6,8,11H,7,9-10H2. The summed E-state index contributed by atoms with van der Waals surface area (Å²) in [5.41, 5.74) is 2.27. The largest absolute Gasteiger partial charge is 0.491 e. The van der Waals surface area contributed by atoms with E-state index in [0.717, 1.165) is 17.2 Å². The fraction of sp³-hybridized carbons (Fsp3) is 0.267. The third kappa shape index (κ3) is 2.88. The van der Waals surface area contributed by atoms with Crippen molar-refractivity contribution in [1.82, 2.24) is 4.98 Å². The van der Waals surface area contributed by atoms with Gasteiger partial charge in [0.1, 0.15) is 5.75 Å². The van der Waals surface area contributed by atoms with Gasteiger partial charge in [0.25, 0.3) is 0 Å². The van der Waals surface area contributed by atoms with E-state index in [1.54, 1.807) is 6.20 Å². The number of aromatic nitrogens is 1. The fourth-order valence-corrected chi connectivity index (χ4v) is 3.53. The average molecular weight is 292 g/mol. The minimum absolute atomic E-state index is 0.437. The SMILES string of the molecule is ClCc1ccc(OCC2CSc3ccccc32)cn1. The van der Waals surface area contributed by atoms with Crippen LogP contribution in [0.2, 0.25) is 0 Å². The predicted octanol–water partition coefficient (Wildman–Crippen LogP) is 4.09. The van der Waals surface area contributed by atoms with Gasteiger partial charge in [-0.15, -0.1) is 23.4 Å². The molecule has 0 aliphatic carbocycles. The molecule has 0 N–H and O–H groups in total. The van der Waals surface area contributed by atoms with Gasteiger partial charge in [-0.3, -0.25) is 4.98 Å². The van der Waals surface area contributed by atoms with Crippen molar-refractivity contribution < 1.29 is 4.74 Å². The summed E-state index contributed by atoms with van der Waals surface area (Å²) in [4.78, 5) is 5.61. The molecule has 19 heavy (non-hydrogen) atoms. The number of pyridine rings is 1. The van der Waals surface area contributed by atoms with Crippen molar-refractivity contribution in [3.8, 4) is 5.75 Å². The molecule has 1 unspecified atom stereocenters. The molecule has 2 nitrogen and oxygen atoms in total. The van der Waals surface area contributed by atoms with Crippen LogP contribution in [-0.2, 0) is 5.88 Å². The van der Waals surface area contributed by atoms with Crippen LogP contribution < -0.4 is 4.74 Å². The van der Waals surface area contributed by atoms with Gasteiger partial charge in [-0.05, 0) is 23.8 Å². The molecule has 1 aliphatic heterocycles. The summed E-state index contributed by atoms with van der Waals surface area (Å²) < 4.78 is 5.83. The number of benzene rings is 1. The molecule has 1 aromatic heterocycles. The van der Waals surface area contributed by atoms with Gasteiger partial charge in [-0.2, -0.15) is 0 Å². The van der Waals surface area contributed by atoms with E-state index in [1.165, 1.54) is 10.5 Å². The Labute approximate surface area is 122 Å². The highest BCUT2D eigenvalue weighted by molar-refractivity contribution is 7.99. The third-order valence-corrected chi connectivity index (χ3v) is 4.71. The highest BCUT2D eigenvalue weighted by atomic mass is 35.5. The van der Waals surface area contributed by atoms with Gasteiger partial charge in [0.05, 0.1) is 24.4 Å². The van der Waals surface area contributed by atoms with Crippen LogP contribution in [0.5, 0.6) is 5.75 Å². The molecule has 2 aromatic rings. The Bertz CT molecular complexity index is 558. The summed E-state index contributed by atoms with van der Waals surface area (Å²) in [7, 11) is 0. The molecule has 0 saturated heterocycles. The molecule has 2 heterocycles. The van der Waals surface area contributed by atoms with Crippen molar-refractivity contribution in [2.75, 3.05) is 12.4 Å². The van der Waals surface area contributed by atoms with E-state index in [-0.39, 0.29) is 0 Å². The van der Waals surface area contributed by atoms with Gasteiger partial charge >= 0.3 is 0 Å². The summed E-state index contributed by atoms with van der Waals surface area (Å²) in [6, 6.07) is 12.4. The number of fused-ring (bicyclic) bond motifs is 1. The molecule has 1 atom stereocenters. The fourth-order valence-electron chi connectivity index (χ4n) is 2.14. The minimum atomic E-state index is 0.437. The van der Waals surface area contributed by atoms with Gasteiger partial charge in [0.2, 0.25) is 0 Å². The second kappa shape index (κ2) is 5.85. The normalized spacial score (nSPS) is 17.2. The van der Waals surface area contributed by atoms with Crippen LogP contribution in [0.4, 0.5) is 0 Å². The van der Waals surface area contributed by atoms with Crippen LogP contribution in [0, 0.1) is 0 Å². The maximum Gasteiger partial charge on any atom is 0.137 e. The first-order valence-electron chi connectivity index (χ1n) is 6.22. The number of hydrogen-bond donors (Lipinski definition) is 0. The number of ether oxygens (including phenoxy) is 1. The lowest BCUT2D eigenvalue weighted by Gasteiger charge is -2.12. The van der Waals surface area contributed by atoms with Crippen molar-refractivity contribution >= 4 is 23.4 Å². The van der Waals surface area contributed by atoms with Gasteiger partial charge in [0.15, 0.2) is 0 Å². The van der Waals surface area contributed by atoms with Crippen LogP contribution in [0.3, 0.4) is 0 Å². The zero-order chi connectivity index (χ0) is 13.1. The predicted molar refractivity (Wildman–Crippen MR) is 79.2 cm³/mol. The highest BCUT2D eigenvalue weighted by Gasteiger charge is 2.23. The molecule has 98 valence electrons. The second-order valence-electron chi connectivity index (χ2n) is 4.48. The molecular formula is C15H14ClNOS. The number of nitrogens with zero attached hydrogens (tertiary/aromatic N) is 1. The number of halogens is 1. The van der Waals surface area contributed by atoms with Gasteiger partial charge in [-0.25, -0.2) is 0 Å². The first kappa shape index (κ1) is 12.8. The molecule has 0 saturated carbocycles. The maximum absolute atomic E-state index is 5.83. The summed E-state index contributed by atoms with van der Waals surface area (Å²) in [6.45, 7) is 0.700. The van der Waals surface area contributed by atoms with Crippen molar-refractivity contribution in [2.45, 2.75) is 16.7 Å². The molecular weight excluding hydrogens is 278 g/mol. The van der Waals surface area contributed by atoms with Gasteiger partial charge < -0.3 is 4.74 Å². The van der Waals surface area contributed by atoms with E-state index in [1.807, 2.05) is 23.9 Å². The van der Waals surface area contributed by atoms with E-state index >= 15 is 0 Å². The van der Waals surface area contributed by atoms with Crippen LogP contribution in [0.25, 0.3) is 0 Å². The van der Waals surface area contributed by atoms with Crippen LogP contribution >= 0.6 is 23.4 Å². The number of rotatable bonds is 4. The van der Waals surface area contributed by atoms with Crippen LogP contribution in [0.1, 0.15) is 17.2 Å². The molecule has 1 aliphatic rings. The molecule has 1 aromatic carbocycles.